The number of rotatable bonds is 3. The highest BCUT2D eigenvalue weighted by Gasteiger charge is 2.15. The van der Waals surface area contributed by atoms with Gasteiger partial charge in [-0.2, -0.15) is 0 Å². The molecule has 0 spiro atoms. The fourth-order valence-corrected chi connectivity index (χ4v) is 3.70. The summed E-state index contributed by atoms with van der Waals surface area (Å²) in [6, 6.07) is 12.5. The van der Waals surface area contributed by atoms with E-state index in [0.29, 0.717) is 28.0 Å². The van der Waals surface area contributed by atoms with Crippen LogP contribution in [0.2, 0.25) is 5.02 Å². The summed E-state index contributed by atoms with van der Waals surface area (Å²) in [5, 5.41) is 4.08. The van der Waals surface area contributed by atoms with E-state index in [1.807, 2.05) is 18.2 Å². The van der Waals surface area contributed by atoms with Crippen molar-refractivity contribution in [3.8, 4) is 0 Å². The van der Waals surface area contributed by atoms with Crippen molar-refractivity contribution in [3.05, 3.63) is 74.8 Å². The topological polar surface area (TPSA) is 64.0 Å². The molecule has 6 heteroatoms. The van der Waals surface area contributed by atoms with Crippen molar-refractivity contribution in [3.63, 3.8) is 0 Å². The van der Waals surface area contributed by atoms with Gasteiger partial charge < -0.3 is 5.32 Å². The van der Waals surface area contributed by atoms with Crippen molar-refractivity contribution in [2.45, 2.75) is 38.8 Å². The van der Waals surface area contributed by atoms with E-state index in [9.17, 15) is 9.59 Å². The molecule has 2 heterocycles. The molecule has 0 saturated heterocycles. The van der Waals surface area contributed by atoms with Gasteiger partial charge in [0.05, 0.1) is 10.9 Å². The van der Waals surface area contributed by atoms with Gasteiger partial charge in [-0.15, -0.1) is 0 Å². The lowest BCUT2D eigenvalue weighted by molar-refractivity contribution is 0.0951. The third kappa shape index (κ3) is 3.74. The molecular formula is C21H20ClN3O2. The van der Waals surface area contributed by atoms with Crippen LogP contribution in [0.15, 0.2) is 47.3 Å². The van der Waals surface area contributed by atoms with Crippen molar-refractivity contribution in [1.82, 2.24) is 14.9 Å². The third-order valence-corrected chi connectivity index (χ3v) is 5.16. The van der Waals surface area contributed by atoms with Gasteiger partial charge in [-0.05, 0) is 48.7 Å². The van der Waals surface area contributed by atoms with E-state index < -0.39 is 0 Å². The average Bonchev–Trinajstić information content (AvgIpc) is 2.91. The summed E-state index contributed by atoms with van der Waals surface area (Å²) < 4.78 is 1.79. The summed E-state index contributed by atoms with van der Waals surface area (Å²) in [7, 11) is 0. The highest BCUT2D eigenvalue weighted by Crippen LogP contribution is 2.17. The van der Waals surface area contributed by atoms with E-state index in [2.05, 4.69) is 10.3 Å². The van der Waals surface area contributed by atoms with Crippen LogP contribution in [0.3, 0.4) is 0 Å². The zero-order valence-corrected chi connectivity index (χ0v) is 15.6. The lowest BCUT2D eigenvalue weighted by atomic mass is 10.1. The molecule has 1 aliphatic heterocycles. The summed E-state index contributed by atoms with van der Waals surface area (Å²) in [5.74, 6) is 0.621. The molecule has 0 atom stereocenters. The van der Waals surface area contributed by atoms with Crippen molar-refractivity contribution in [2.24, 2.45) is 0 Å². The number of nitrogens with one attached hydrogen (secondary N) is 1. The molecule has 2 aromatic carbocycles. The minimum atomic E-state index is -0.200. The maximum atomic E-state index is 12.8. The van der Waals surface area contributed by atoms with Crippen molar-refractivity contribution in [2.75, 3.05) is 0 Å². The Morgan fingerprint density at radius 1 is 1.15 bits per heavy atom. The summed E-state index contributed by atoms with van der Waals surface area (Å²) in [6.45, 7) is 1.11. The first-order valence-corrected chi connectivity index (χ1v) is 9.56. The zero-order valence-electron chi connectivity index (χ0n) is 14.9. The van der Waals surface area contributed by atoms with Gasteiger partial charge in [0.25, 0.3) is 11.5 Å². The molecule has 1 aromatic heterocycles. The second kappa shape index (κ2) is 7.53. The Kier molecular flexibility index (Phi) is 4.94. The fraction of sp³-hybridized carbons (Fsp3) is 0.286. The van der Waals surface area contributed by atoms with Gasteiger partial charge >= 0.3 is 0 Å². The van der Waals surface area contributed by atoms with Crippen molar-refractivity contribution in [1.29, 1.82) is 0 Å². The number of halogens is 1. The number of amides is 1. The van der Waals surface area contributed by atoms with Crippen LogP contribution < -0.4 is 10.9 Å². The first-order chi connectivity index (χ1) is 13.1. The van der Waals surface area contributed by atoms with Crippen LogP contribution >= 0.6 is 11.6 Å². The number of carbonyl (C=O) groups is 1. The number of benzene rings is 2. The lowest BCUT2D eigenvalue weighted by Gasteiger charge is -2.11. The van der Waals surface area contributed by atoms with E-state index in [1.165, 1.54) is 0 Å². The molecule has 0 radical (unpaired) electrons. The van der Waals surface area contributed by atoms with E-state index in [1.54, 1.807) is 28.8 Å². The molecule has 5 nitrogen and oxygen atoms in total. The minimum absolute atomic E-state index is 0.0113. The molecular weight excluding hydrogens is 362 g/mol. The smallest absolute Gasteiger partial charge is 0.261 e. The Bertz CT molecular complexity index is 1070. The first-order valence-electron chi connectivity index (χ1n) is 9.18. The van der Waals surface area contributed by atoms with Gasteiger partial charge in [0, 0.05) is 30.1 Å². The Morgan fingerprint density at radius 3 is 2.89 bits per heavy atom. The molecule has 0 unspecified atom stereocenters. The van der Waals surface area contributed by atoms with Gasteiger partial charge in [0.2, 0.25) is 0 Å². The highest BCUT2D eigenvalue weighted by molar-refractivity contribution is 6.30. The summed E-state index contributed by atoms with van der Waals surface area (Å²) in [5.41, 5.74) is 2.00. The molecule has 1 N–H and O–H groups in total. The standard InChI is InChI=1S/C21H20ClN3O2/c22-16-6-4-5-14(11-16)13-23-20(26)15-8-9-17-18(12-15)24-19-7-2-1-3-10-25(19)21(17)27/h4-6,8-9,11-12H,1-3,7,10,13H2,(H,23,26). The molecule has 3 aromatic rings. The molecule has 138 valence electrons. The van der Waals surface area contributed by atoms with Crippen LogP contribution in [0.25, 0.3) is 10.9 Å². The largest absolute Gasteiger partial charge is 0.348 e. The summed E-state index contributed by atoms with van der Waals surface area (Å²) in [4.78, 5) is 30.0. The number of nitrogens with zero attached hydrogens (tertiary/aromatic N) is 2. The normalized spacial score (nSPS) is 13.8. The second-order valence-electron chi connectivity index (χ2n) is 6.84. The molecule has 27 heavy (non-hydrogen) atoms. The molecule has 1 amide bonds. The lowest BCUT2D eigenvalue weighted by Crippen LogP contribution is -2.25. The zero-order chi connectivity index (χ0) is 18.8. The summed E-state index contributed by atoms with van der Waals surface area (Å²) >= 11 is 5.97. The molecule has 0 bridgehead atoms. The van der Waals surface area contributed by atoms with Crippen LogP contribution in [0.4, 0.5) is 0 Å². The van der Waals surface area contributed by atoms with Gasteiger partial charge in [0.1, 0.15) is 5.82 Å². The maximum absolute atomic E-state index is 12.8. The van der Waals surface area contributed by atoms with Crippen molar-refractivity contribution >= 4 is 28.4 Å². The quantitative estimate of drug-likeness (QED) is 0.752. The number of hydrogen-bond acceptors (Lipinski definition) is 3. The average molecular weight is 382 g/mol. The number of fused-ring (bicyclic) bond motifs is 2. The van der Waals surface area contributed by atoms with Crippen LogP contribution in [0.1, 0.15) is 41.0 Å². The molecule has 4 rings (SSSR count). The SMILES string of the molecule is O=C(NCc1cccc(Cl)c1)c1ccc2c(=O)n3c(nc2c1)CCCCC3. The number of hydrogen-bond donors (Lipinski definition) is 1. The number of aromatic nitrogens is 2. The third-order valence-electron chi connectivity index (χ3n) is 4.92. The highest BCUT2D eigenvalue weighted by atomic mass is 35.5. The van der Waals surface area contributed by atoms with E-state index in [4.69, 9.17) is 11.6 Å². The van der Waals surface area contributed by atoms with Crippen LogP contribution in [0.5, 0.6) is 0 Å². The fourth-order valence-electron chi connectivity index (χ4n) is 3.49. The predicted octanol–water partition coefficient (Wildman–Crippen LogP) is 3.71. The summed E-state index contributed by atoms with van der Waals surface area (Å²) in [6.07, 6.45) is 3.95. The molecule has 1 aliphatic rings. The Balaban J connectivity index is 1.61. The Labute approximate surface area is 162 Å². The second-order valence-corrected chi connectivity index (χ2v) is 7.28. The molecule has 0 fully saturated rings. The van der Waals surface area contributed by atoms with E-state index in [0.717, 1.165) is 43.6 Å². The van der Waals surface area contributed by atoms with Gasteiger partial charge in [-0.1, -0.05) is 30.2 Å². The van der Waals surface area contributed by atoms with Gasteiger partial charge in [-0.25, -0.2) is 4.98 Å². The van der Waals surface area contributed by atoms with Crippen LogP contribution in [-0.4, -0.2) is 15.5 Å². The Morgan fingerprint density at radius 2 is 2.04 bits per heavy atom. The predicted molar refractivity (Wildman–Crippen MR) is 106 cm³/mol. The molecule has 0 saturated carbocycles. The van der Waals surface area contributed by atoms with Gasteiger partial charge in [-0.3, -0.25) is 14.2 Å². The number of aryl methyl sites for hydroxylation is 1. The molecule has 0 aliphatic carbocycles. The maximum Gasteiger partial charge on any atom is 0.261 e. The van der Waals surface area contributed by atoms with Gasteiger partial charge in [0.15, 0.2) is 0 Å². The first kappa shape index (κ1) is 17.7. The van der Waals surface area contributed by atoms with Crippen LogP contribution in [0, 0.1) is 0 Å². The monoisotopic (exact) mass is 381 g/mol. The Hall–Kier alpha value is -2.66. The van der Waals surface area contributed by atoms with E-state index >= 15 is 0 Å². The van der Waals surface area contributed by atoms with Crippen LogP contribution in [-0.2, 0) is 19.5 Å². The minimum Gasteiger partial charge on any atom is -0.348 e. The van der Waals surface area contributed by atoms with Crippen molar-refractivity contribution < 1.29 is 4.79 Å². The van der Waals surface area contributed by atoms with E-state index in [-0.39, 0.29) is 11.5 Å². The number of carbonyl (C=O) groups excluding carboxylic acids is 1.